The van der Waals surface area contributed by atoms with Gasteiger partial charge in [0.15, 0.2) is 11.5 Å². The second kappa shape index (κ2) is 11.6. The Morgan fingerprint density at radius 1 is 1.06 bits per heavy atom. The van der Waals surface area contributed by atoms with Crippen LogP contribution >= 0.6 is 34.2 Å². The van der Waals surface area contributed by atoms with Gasteiger partial charge in [0, 0.05) is 14.2 Å². The average Bonchev–Trinajstić information content (AvgIpc) is 3.13. The number of anilines is 1. The zero-order valence-corrected chi connectivity index (χ0v) is 22.5. The second-order valence-corrected chi connectivity index (χ2v) is 9.64. The topological polar surface area (TPSA) is 67.9 Å². The first kappa shape index (κ1) is 25.8. The summed E-state index contributed by atoms with van der Waals surface area (Å²) in [5.41, 5.74) is 3.19. The molecule has 3 aromatic rings. The largest absolute Gasteiger partial charge is 0.490 e. The summed E-state index contributed by atoms with van der Waals surface area (Å²) in [7, 11) is 0. The van der Waals surface area contributed by atoms with Crippen molar-refractivity contribution in [3.05, 3.63) is 104 Å². The van der Waals surface area contributed by atoms with Crippen molar-refractivity contribution in [3.63, 3.8) is 0 Å². The molecule has 0 spiro atoms. The van der Waals surface area contributed by atoms with Crippen LogP contribution in [0.25, 0.3) is 6.08 Å². The Morgan fingerprint density at radius 2 is 1.78 bits per heavy atom. The van der Waals surface area contributed by atoms with E-state index in [1.165, 1.54) is 0 Å². The Bertz CT molecular complexity index is 1320. The number of carbonyl (C=O) groups excluding carboxylic acids is 2. The van der Waals surface area contributed by atoms with E-state index < -0.39 is 11.9 Å². The van der Waals surface area contributed by atoms with E-state index in [-0.39, 0.29) is 5.70 Å². The number of ether oxygens (including phenoxy) is 2. The predicted octanol–water partition coefficient (Wildman–Crippen LogP) is 6.75. The van der Waals surface area contributed by atoms with E-state index in [0.717, 1.165) is 19.6 Å². The number of benzene rings is 3. The van der Waals surface area contributed by atoms with Crippen LogP contribution in [0.3, 0.4) is 0 Å². The minimum atomic E-state index is -0.526. The molecule has 4 rings (SSSR count). The Kier molecular flexibility index (Phi) is 8.32. The normalized spacial score (nSPS) is 14.2. The Balaban J connectivity index is 1.65. The highest BCUT2D eigenvalue weighted by Gasteiger charge is 2.35. The molecule has 1 aliphatic rings. The number of amides is 3. The maximum Gasteiger partial charge on any atom is 0.333 e. The number of imide groups is 1. The van der Waals surface area contributed by atoms with Crippen molar-refractivity contribution in [2.45, 2.75) is 20.0 Å². The highest BCUT2D eigenvalue weighted by atomic mass is 127. The quantitative estimate of drug-likeness (QED) is 0.125. The third-order valence-corrected chi connectivity index (χ3v) is 6.36. The van der Waals surface area contributed by atoms with Gasteiger partial charge in [-0.3, -0.25) is 4.79 Å². The van der Waals surface area contributed by atoms with Gasteiger partial charge in [0.2, 0.25) is 0 Å². The van der Waals surface area contributed by atoms with Gasteiger partial charge < -0.3 is 14.8 Å². The first-order valence-corrected chi connectivity index (χ1v) is 12.8. The summed E-state index contributed by atoms with van der Waals surface area (Å²) in [6.07, 6.45) is 3.95. The molecule has 3 aromatic carbocycles. The van der Waals surface area contributed by atoms with Gasteiger partial charge in [-0.25, -0.2) is 9.69 Å². The number of nitrogens with zero attached hydrogens (tertiary/aromatic N) is 1. The van der Waals surface area contributed by atoms with Crippen LogP contribution in [0.2, 0.25) is 5.02 Å². The van der Waals surface area contributed by atoms with Gasteiger partial charge in [-0.05, 0) is 102 Å². The van der Waals surface area contributed by atoms with Crippen molar-refractivity contribution in [1.82, 2.24) is 5.32 Å². The number of nitrogens with one attached hydrogen (secondary N) is 1. The molecule has 1 fully saturated rings. The Labute approximate surface area is 228 Å². The molecule has 1 N–H and O–H groups in total. The molecular formula is C28H24ClIN2O4. The molecule has 3 amide bonds. The van der Waals surface area contributed by atoms with Crippen LogP contribution in [-0.4, -0.2) is 18.5 Å². The van der Waals surface area contributed by atoms with Crippen LogP contribution in [0, 0.1) is 3.57 Å². The molecule has 36 heavy (non-hydrogen) atoms. The van der Waals surface area contributed by atoms with Crippen LogP contribution in [0.5, 0.6) is 11.5 Å². The Morgan fingerprint density at radius 3 is 2.44 bits per heavy atom. The zero-order chi connectivity index (χ0) is 25.7. The fraction of sp³-hybridized carbons (Fsp3) is 0.143. The SMILES string of the molecule is C=CCc1cc(/C=C2/NC(=O)N(c3ccc(Cl)cc3)C2=O)cc(OCC)c1OCc1ccc(I)cc1. The van der Waals surface area contributed by atoms with Crippen LogP contribution in [0.15, 0.2) is 79.0 Å². The molecule has 6 nitrogen and oxygen atoms in total. The average molecular weight is 615 g/mol. The van der Waals surface area contributed by atoms with Crippen molar-refractivity contribution in [3.8, 4) is 11.5 Å². The lowest BCUT2D eigenvalue weighted by Gasteiger charge is -2.17. The number of halogens is 2. The van der Waals surface area contributed by atoms with Crippen molar-refractivity contribution >= 4 is 57.9 Å². The molecule has 1 heterocycles. The summed E-state index contributed by atoms with van der Waals surface area (Å²) in [6.45, 7) is 6.58. The van der Waals surface area contributed by atoms with Gasteiger partial charge in [-0.1, -0.05) is 29.8 Å². The van der Waals surface area contributed by atoms with Crippen LogP contribution < -0.4 is 19.7 Å². The molecule has 8 heteroatoms. The fourth-order valence-corrected chi connectivity index (χ4v) is 4.25. The number of carbonyl (C=O) groups is 2. The van der Waals surface area contributed by atoms with Crippen LogP contribution in [-0.2, 0) is 17.8 Å². The number of rotatable bonds is 9. The first-order valence-electron chi connectivity index (χ1n) is 11.3. The van der Waals surface area contributed by atoms with Crippen molar-refractivity contribution in [1.29, 1.82) is 0 Å². The van der Waals surface area contributed by atoms with E-state index >= 15 is 0 Å². The van der Waals surface area contributed by atoms with Crippen LogP contribution in [0.1, 0.15) is 23.6 Å². The van der Waals surface area contributed by atoms with E-state index in [1.54, 1.807) is 42.5 Å². The maximum absolute atomic E-state index is 13.0. The van der Waals surface area contributed by atoms with Gasteiger partial charge in [-0.2, -0.15) is 0 Å². The smallest absolute Gasteiger partial charge is 0.333 e. The molecule has 0 radical (unpaired) electrons. The monoisotopic (exact) mass is 614 g/mol. The van der Waals surface area contributed by atoms with E-state index in [2.05, 4.69) is 34.5 Å². The molecule has 1 saturated heterocycles. The standard InChI is InChI=1S/C28H24ClIN2O4/c1-3-5-20-14-19(15-24-27(33)32(28(34)31-24)23-12-8-21(29)9-13-23)16-25(35-4-2)26(20)36-17-18-6-10-22(30)11-7-18/h3,6-16H,1,4-5,17H2,2H3,(H,31,34)/b24-15+. The third-order valence-electron chi connectivity index (χ3n) is 5.39. The number of hydrogen-bond donors (Lipinski definition) is 1. The minimum absolute atomic E-state index is 0.162. The highest BCUT2D eigenvalue weighted by Crippen LogP contribution is 2.36. The first-order chi connectivity index (χ1) is 17.4. The summed E-state index contributed by atoms with van der Waals surface area (Å²) >= 11 is 8.20. The lowest BCUT2D eigenvalue weighted by molar-refractivity contribution is -0.113. The van der Waals surface area contributed by atoms with Crippen molar-refractivity contribution < 1.29 is 19.1 Å². The number of hydrogen-bond acceptors (Lipinski definition) is 4. The van der Waals surface area contributed by atoms with E-state index in [1.807, 2.05) is 37.3 Å². The van der Waals surface area contributed by atoms with Gasteiger partial charge in [0.25, 0.3) is 5.91 Å². The Hall–Kier alpha value is -3.30. The molecule has 184 valence electrons. The van der Waals surface area contributed by atoms with E-state index in [0.29, 0.717) is 47.4 Å². The number of urea groups is 1. The third kappa shape index (κ3) is 5.91. The molecule has 0 atom stereocenters. The molecule has 0 aliphatic carbocycles. The molecule has 0 aromatic heterocycles. The maximum atomic E-state index is 13.0. The molecule has 0 saturated carbocycles. The van der Waals surface area contributed by atoms with Crippen molar-refractivity contribution in [2.24, 2.45) is 0 Å². The van der Waals surface area contributed by atoms with Crippen molar-refractivity contribution in [2.75, 3.05) is 11.5 Å². The van der Waals surface area contributed by atoms with Gasteiger partial charge in [-0.15, -0.1) is 6.58 Å². The lowest BCUT2D eigenvalue weighted by Crippen LogP contribution is -2.30. The van der Waals surface area contributed by atoms with E-state index in [9.17, 15) is 9.59 Å². The van der Waals surface area contributed by atoms with Gasteiger partial charge in [0.05, 0.1) is 12.3 Å². The summed E-state index contributed by atoms with van der Waals surface area (Å²) in [5.74, 6) is 0.729. The second-order valence-electron chi connectivity index (χ2n) is 7.95. The van der Waals surface area contributed by atoms with E-state index in [4.69, 9.17) is 21.1 Å². The van der Waals surface area contributed by atoms with Crippen LogP contribution in [0.4, 0.5) is 10.5 Å². The van der Waals surface area contributed by atoms with Gasteiger partial charge in [0.1, 0.15) is 12.3 Å². The number of allylic oxidation sites excluding steroid dienone is 1. The summed E-state index contributed by atoms with van der Waals surface area (Å²) in [6, 6.07) is 17.8. The molecular weight excluding hydrogens is 591 g/mol. The summed E-state index contributed by atoms with van der Waals surface area (Å²) in [5, 5.41) is 3.17. The molecule has 0 unspecified atom stereocenters. The predicted molar refractivity (Wildman–Crippen MR) is 150 cm³/mol. The lowest BCUT2D eigenvalue weighted by atomic mass is 10.0. The fourth-order valence-electron chi connectivity index (χ4n) is 3.76. The minimum Gasteiger partial charge on any atom is -0.490 e. The highest BCUT2D eigenvalue weighted by molar-refractivity contribution is 14.1. The summed E-state index contributed by atoms with van der Waals surface area (Å²) < 4.78 is 13.2. The molecule has 0 bridgehead atoms. The molecule has 1 aliphatic heterocycles. The summed E-state index contributed by atoms with van der Waals surface area (Å²) in [4.78, 5) is 26.7. The zero-order valence-electron chi connectivity index (χ0n) is 19.6. The van der Waals surface area contributed by atoms with Gasteiger partial charge >= 0.3 is 6.03 Å².